The van der Waals surface area contributed by atoms with Crippen molar-refractivity contribution in [2.24, 2.45) is 5.92 Å². The third-order valence-electron chi connectivity index (χ3n) is 4.03. The highest BCUT2D eigenvalue weighted by atomic mass is 15.1. The van der Waals surface area contributed by atoms with Crippen molar-refractivity contribution in [2.45, 2.75) is 45.1 Å². The number of piperidine rings is 1. The summed E-state index contributed by atoms with van der Waals surface area (Å²) >= 11 is 0. The first-order valence-corrected chi connectivity index (χ1v) is 6.59. The fraction of sp³-hybridized carbons (Fsp3) is 0.769. The average molecular weight is 219 g/mol. The molecule has 1 aromatic rings. The molecule has 1 saturated heterocycles. The molecule has 3 rings (SSSR count). The predicted octanol–water partition coefficient (Wildman–Crippen LogP) is 1.93. The Kier molecular flexibility index (Phi) is 2.72. The number of aryl methyl sites for hydroxylation is 1. The number of imidazole rings is 1. The third-order valence-corrected chi connectivity index (χ3v) is 4.03. The lowest BCUT2D eigenvalue weighted by Gasteiger charge is -2.20. The summed E-state index contributed by atoms with van der Waals surface area (Å²) in [5, 5.41) is 3.42. The zero-order valence-corrected chi connectivity index (χ0v) is 10.1. The molecule has 1 aromatic heterocycles. The van der Waals surface area contributed by atoms with E-state index in [0.717, 1.165) is 19.0 Å². The molecule has 0 spiro atoms. The molecule has 1 N–H and O–H groups in total. The van der Waals surface area contributed by atoms with Crippen LogP contribution < -0.4 is 5.32 Å². The molecule has 1 atom stereocenters. The van der Waals surface area contributed by atoms with Crippen LogP contribution in [0, 0.1) is 5.92 Å². The van der Waals surface area contributed by atoms with Gasteiger partial charge in [-0.3, -0.25) is 0 Å². The van der Waals surface area contributed by atoms with Crippen LogP contribution in [0.3, 0.4) is 0 Å². The van der Waals surface area contributed by atoms with Crippen molar-refractivity contribution in [1.82, 2.24) is 14.9 Å². The molecule has 1 fully saturated rings. The maximum atomic E-state index is 4.86. The van der Waals surface area contributed by atoms with Crippen LogP contribution in [0.4, 0.5) is 0 Å². The predicted molar refractivity (Wildman–Crippen MR) is 64.6 cm³/mol. The van der Waals surface area contributed by atoms with Gasteiger partial charge in [-0.25, -0.2) is 4.98 Å². The van der Waals surface area contributed by atoms with Crippen LogP contribution in [0.1, 0.15) is 43.6 Å². The van der Waals surface area contributed by atoms with Crippen molar-refractivity contribution in [3.63, 3.8) is 0 Å². The first-order chi connectivity index (χ1) is 7.83. The van der Waals surface area contributed by atoms with Crippen LogP contribution in [0.15, 0.2) is 6.20 Å². The third kappa shape index (κ3) is 1.88. The summed E-state index contributed by atoms with van der Waals surface area (Å²) in [6.07, 6.45) is 7.31. The Balaban J connectivity index is 1.80. The van der Waals surface area contributed by atoms with Crippen molar-refractivity contribution < 1.29 is 0 Å². The molecule has 2 aliphatic heterocycles. The smallest absolute Gasteiger partial charge is 0.109 e. The number of aromatic nitrogens is 2. The van der Waals surface area contributed by atoms with Gasteiger partial charge in [-0.05, 0) is 38.3 Å². The molecule has 3 heteroatoms. The van der Waals surface area contributed by atoms with Gasteiger partial charge in [0, 0.05) is 25.1 Å². The minimum absolute atomic E-state index is 0.703. The topological polar surface area (TPSA) is 29.9 Å². The van der Waals surface area contributed by atoms with E-state index in [9.17, 15) is 0 Å². The van der Waals surface area contributed by atoms with E-state index in [4.69, 9.17) is 4.98 Å². The van der Waals surface area contributed by atoms with Gasteiger partial charge in [0.15, 0.2) is 0 Å². The Morgan fingerprint density at radius 3 is 2.94 bits per heavy atom. The number of nitrogens with one attached hydrogen (secondary N) is 1. The van der Waals surface area contributed by atoms with E-state index in [1.165, 1.54) is 43.7 Å². The van der Waals surface area contributed by atoms with E-state index >= 15 is 0 Å². The molecule has 0 radical (unpaired) electrons. The second-order valence-corrected chi connectivity index (χ2v) is 5.40. The Hall–Kier alpha value is -0.830. The summed E-state index contributed by atoms with van der Waals surface area (Å²) in [4.78, 5) is 4.86. The van der Waals surface area contributed by atoms with Crippen LogP contribution in [-0.2, 0) is 13.0 Å². The summed E-state index contributed by atoms with van der Waals surface area (Å²) in [6.45, 7) is 5.82. The lowest BCUT2D eigenvalue weighted by Crippen LogP contribution is -2.26. The van der Waals surface area contributed by atoms with Crippen molar-refractivity contribution in [2.75, 3.05) is 13.1 Å². The Morgan fingerprint density at radius 2 is 2.12 bits per heavy atom. The summed E-state index contributed by atoms with van der Waals surface area (Å²) in [7, 11) is 0. The number of nitrogens with zero attached hydrogens (tertiary/aromatic N) is 2. The van der Waals surface area contributed by atoms with Gasteiger partial charge < -0.3 is 9.88 Å². The van der Waals surface area contributed by atoms with E-state index in [0.29, 0.717) is 5.92 Å². The van der Waals surface area contributed by atoms with Crippen molar-refractivity contribution in [3.05, 3.63) is 17.7 Å². The molecule has 16 heavy (non-hydrogen) atoms. The van der Waals surface area contributed by atoms with Gasteiger partial charge >= 0.3 is 0 Å². The maximum absolute atomic E-state index is 4.86. The molecule has 0 aliphatic carbocycles. The van der Waals surface area contributed by atoms with Crippen LogP contribution in [0.5, 0.6) is 0 Å². The van der Waals surface area contributed by atoms with Gasteiger partial charge in [0.2, 0.25) is 0 Å². The van der Waals surface area contributed by atoms with E-state index in [-0.39, 0.29) is 0 Å². The van der Waals surface area contributed by atoms with Crippen LogP contribution >= 0.6 is 0 Å². The number of hydrogen-bond donors (Lipinski definition) is 1. The summed E-state index contributed by atoms with van der Waals surface area (Å²) in [5.74, 6) is 2.85. The maximum Gasteiger partial charge on any atom is 0.109 e. The average Bonchev–Trinajstić information content (AvgIpc) is 2.73. The molecule has 2 aliphatic rings. The van der Waals surface area contributed by atoms with Crippen molar-refractivity contribution in [3.8, 4) is 0 Å². The molecule has 3 heterocycles. The Bertz CT molecular complexity index is 363. The number of rotatable bonds is 1. The van der Waals surface area contributed by atoms with E-state index in [1.54, 1.807) is 0 Å². The summed E-state index contributed by atoms with van der Waals surface area (Å²) < 4.78 is 2.39. The van der Waals surface area contributed by atoms with Crippen molar-refractivity contribution >= 4 is 0 Å². The highest BCUT2D eigenvalue weighted by molar-refractivity contribution is 5.12. The first kappa shape index (κ1) is 10.3. The van der Waals surface area contributed by atoms with Gasteiger partial charge in [-0.2, -0.15) is 0 Å². The molecule has 3 nitrogen and oxygen atoms in total. The standard InChI is InChI=1S/C13H21N3/c1-10-4-7-16-9-12(15-13(16)8-10)11-2-5-14-6-3-11/h9-11,14H,2-8H2,1H3. The van der Waals surface area contributed by atoms with Crippen molar-refractivity contribution in [1.29, 1.82) is 0 Å². The highest BCUT2D eigenvalue weighted by Gasteiger charge is 2.22. The second kappa shape index (κ2) is 4.21. The van der Waals surface area contributed by atoms with Gasteiger partial charge in [0.1, 0.15) is 5.82 Å². The number of fused-ring (bicyclic) bond motifs is 1. The SMILES string of the molecule is CC1CCn2cc(C3CCNCC3)nc2C1. The monoisotopic (exact) mass is 219 g/mol. The van der Waals surface area contributed by atoms with Gasteiger partial charge in [0.05, 0.1) is 5.69 Å². The quantitative estimate of drug-likeness (QED) is 0.782. The zero-order chi connectivity index (χ0) is 11.0. The zero-order valence-electron chi connectivity index (χ0n) is 10.1. The fourth-order valence-corrected chi connectivity index (χ4v) is 2.92. The molecular formula is C13H21N3. The molecule has 0 saturated carbocycles. The number of hydrogen-bond acceptors (Lipinski definition) is 2. The lowest BCUT2D eigenvalue weighted by molar-refractivity contribution is 0.409. The Labute approximate surface area is 97.3 Å². The van der Waals surface area contributed by atoms with Crippen LogP contribution in [0.25, 0.3) is 0 Å². The molecule has 0 amide bonds. The first-order valence-electron chi connectivity index (χ1n) is 6.59. The van der Waals surface area contributed by atoms with Gasteiger partial charge in [-0.15, -0.1) is 0 Å². The van der Waals surface area contributed by atoms with Crippen LogP contribution in [-0.4, -0.2) is 22.6 Å². The second-order valence-electron chi connectivity index (χ2n) is 5.40. The van der Waals surface area contributed by atoms with Crippen LogP contribution in [0.2, 0.25) is 0 Å². The molecule has 1 unspecified atom stereocenters. The molecule has 0 bridgehead atoms. The minimum Gasteiger partial charge on any atom is -0.335 e. The molecule has 0 aromatic carbocycles. The minimum atomic E-state index is 0.703. The van der Waals surface area contributed by atoms with E-state index in [1.807, 2.05) is 0 Å². The van der Waals surface area contributed by atoms with Gasteiger partial charge in [-0.1, -0.05) is 6.92 Å². The summed E-state index contributed by atoms with van der Waals surface area (Å²) in [5.41, 5.74) is 1.35. The molecule has 88 valence electrons. The normalized spacial score (nSPS) is 26.7. The van der Waals surface area contributed by atoms with Gasteiger partial charge in [0.25, 0.3) is 0 Å². The van der Waals surface area contributed by atoms with E-state index in [2.05, 4.69) is 23.0 Å². The largest absolute Gasteiger partial charge is 0.335 e. The fourth-order valence-electron chi connectivity index (χ4n) is 2.92. The highest BCUT2D eigenvalue weighted by Crippen LogP contribution is 2.27. The summed E-state index contributed by atoms with van der Waals surface area (Å²) in [6, 6.07) is 0. The van der Waals surface area contributed by atoms with E-state index < -0.39 is 0 Å². The lowest BCUT2D eigenvalue weighted by atomic mass is 9.95. The molecular weight excluding hydrogens is 198 g/mol. The Morgan fingerprint density at radius 1 is 1.31 bits per heavy atom.